The van der Waals surface area contributed by atoms with Gasteiger partial charge in [0.1, 0.15) is 0 Å². The second-order valence-corrected chi connectivity index (χ2v) is 5.79. The van der Waals surface area contributed by atoms with E-state index < -0.39 is 0 Å². The molecule has 2 aliphatic rings. The number of benzene rings is 1. The van der Waals surface area contributed by atoms with Gasteiger partial charge >= 0.3 is 0 Å². The van der Waals surface area contributed by atoms with Crippen LogP contribution in [-0.4, -0.2) is 45.3 Å². The molecule has 1 aromatic heterocycles. The highest BCUT2D eigenvalue weighted by Gasteiger charge is 2.39. The molecule has 0 bridgehead atoms. The minimum atomic E-state index is -0.137. The zero-order valence-electron chi connectivity index (χ0n) is 11.5. The van der Waals surface area contributed by atoms with Crippen molar-refractivity contribution < 1.29 is 9.59 Å². The quantitative estimate of drug-likeness (QED) is 0.884. The summed E-state index contributed by atoms with van der Waals surface area (Å²) in [7, 11) is 0. The first-order valence-electron chi connectivity index (χ1n) is 7.24. The number of aromatic amines is 1. The second-order valence-electron chi connectivity index (χ2n) is 5.79. The van der Waals surface area contributed by atoms with Crippen molar-refractivity contribution in [1.82, 2.24) is 20.2 Å². The van der Waals surface area contributed by atoms with Crippen molar-refractivity contribution in [3.05, 3.63) is 30.1 Å². The third-order valence-corrected chi connectivity index (χ3v) is 4.16. The molecule has 2 amide bonds. The first-order valence-corrected chi connectivity index (χ1v) is 7.24. The maximum Gasteiger partial charge on any atom is 0.251 e. The summed E-state index contributed by atoms with van der Waals surface area (Å²) >= 11 is 0. The van der Waals surface area contributed by atoms with E-state index in [1.807, 2.05) is 11.0 Å². The van der Waals surface area contributed by atoms with Gasteiger partial charge in [-0.05, 0) is 31.0 Å². The average Bonchev–Trinajstić information content (AvgIpc) is 3.09. The van der Waals surface area contributed by atoms with Gasteiger partial charge in [0.2, 0.25) is 5.91 Å². The van der Waals surface area contributed by atoms with Gasteiger partial charge in [-0.2, -0.15) is 0 Å². The molecular formula is C15H16N4O2. The lowest BCUT2D eigenvalue weighted by Crippen LogP contribution is -2.37. The molecule has 1 unspecified atom stereocenters. The summed E-state index contributed by atoms with van der Waals surface area (Å²) < 4.78 is 0. The number of hydrogen-bond acceptors (Lipinski definition) is 3. The first-order chi connectivity index (χ1) is 10.2. The van der Waals surface area contributed by atoms with Gasteiger partial charge in [0.15, 0.2) is 0 Å². The van der Waals surface area contributed by atoms with Crippen LogP contribution in [0.2, 0.25) is 0 Å². The number of fused-ring (bicyclic) bond motifs is 1. The lowest BCUT2D eigenvalue weighted by atomic mass is 10.1. The Bertz CT molecular complexity index is 719. The van der Waals surface area contributed by atoms with E-state index in [0.717, 1.165) is 23.9 Å². The fourth-order valence-corrected chi connectivity index (χ4v) is 2.91. The minimum absolute atomic E-state index is 0.0805. The van der Waals surface area contributed by atoms with Crippen molar-refractivity contribution in [2.45, 2.75) is 31.3 Å². The van der Waals surface area contributed by atoms with E-state index in [0.29, 0.717) is 24.6 Å². The number of nitrogens with zero attached hydrogens (tertiary/aromatic N) is 2. The van der Waals surface area contributed by atoms with Crippen LogP contribution in [0.3, 0.4) is 0 Å². The maximum absolute atomic E-state index is 12.3. The largest absolute Gasteiger partial charge is 0.347 e. The van der Waals surface area contributed by atoms with Crippen molar-refractivity contribution >= 4 is 22.8 Å². The van der Waals surface area contributed by atoms with Crippen molar-refractivity contribution in [3.63, 3.8) is 0 Å². The number of carbonyl (C=O) groups is 2. The van der Waals surface area contributed by atoms with E-state index in [9.17, 15) is 9.59 Å². The van der Waals surface area contributed by atoms with Gasteiger partial charge in [-0.1, -0.05) is 0 Å². The molecule has 4 rings (SSSR count). The van der Waals surface area contributed by atoms with Crippen LogP contribution in [0.25, 0.3) is 11.0 Å². The Morgan fingerprint density at radius 2 is 2.24 bits per heavy atom. The Morgan fingerprint density at radius 1 is 1.38 bits per heavy atom. The second kappa shape index (κ2) is 4.58. The van der Waals surface area contributed by atoms with Gasteiger partial charge in [0, 0.05) is 24.6 Å². The number of H-pyrrole nitrogens is 1. The topological polar surface area (TPSA) is 78.1 Å². The van der Waals surface area contributed by atoms with Gasteiger partial charge in [-0.15, -0.1) is 0 Å². The molecule has 0 radical (unpaired) electrons. The molecule has 108 valence electrons. The first kappa shape index (κ1) is 12.4. The summed E-state index contributed by atoms with van der Waals surface area (Å²) in [6.07, 6.45) is 4.22. The van der Waals surface area contributed by atoms with Gasteiger partial charge in [0.05, 0.1) is 23.4 Å². The molecule has 6 heteroatoms. The standard InChI is InChI=1S/C15H16N4O2/c20-14-6-10(7-19(14)11-2-3-11)18-15(21)9-1-4-12-13(5-9)17-8-16-12/h1,4-5,8,10-11H,2-3,6-7H2,(H,16,17)(H,18,21). The number of imidazole rings is 1. The third kappa shape index (κ3) is 2.26. The lowest BCUT2D eigenvalue weighted by molar-refractivity contribution is -0.128. The predicted molar refractivity (Wildman–Crippen MR) is 76.7 cm³/mol. The van der Waals surface area contributed by atoms with Gasteiger partial charge in [-0.25, -0.2) is 4.98 Å². The molecule has 1 saturated carbocycles. The zero-order chi connectivity index (χ0) is 14.4. The predicted octanol–water partition coefficient (Wildman–Crippen LogP) is 1.06. The highest BCUT2D eigenvalue weighted by atomic mass is 16.2. The number of rotatable bonds is 3. The highest BCUT2D eigenvalue weighted by Crippen LogP contribution is 2.30. The van der Waals surface area contributed by atoms with E-state index in [-0.39, 0.29) is 17.9 Å². The summed E-state index contributed by atoms with van der Waals surface area (Å²) in [5.74, 6) is 0.0220. The van der Waals surface area contributed by atoms with Crippen LogP contribution >= 0.6 is 0 Å². The molecule has 21 heavy (non-hydrogen) atoms. The average molecular weight is 284 g/mol. The Balaban J connectivity index is 1.46. The molecule has 2 fully saturated rings. The smallest absolute Gasteiger partial charge is 0.251 e. The summed E-state index contributed by atoms with van der Waals surface area (Å²) in [6.45, 7) is 0.640. The molecule has 1 aliphatic carbocycles. The number of nitrogens with one attached hydrogen (secondary N) is 2. The molecule has 0 spiro atoms. The van der Waals surface area contributed by atoms with Crippen LogP contribution in [0, 0.1) is 0 Å². The van der Waals surface area contributed by atoms with Crippen LogP contribution in [0.5, 0.6) is 0 Å². The van der Waals surface area contributed by atoms with Crippen LogP contribution in [0.4, 0.5) is 0 Å². The number of carbonyl (C=O) groups excluding carboxylic acids is 2. The molecule has 1 aromatic carbocycles. The van der Waals surface area contributed by atoms with Crippen LogP contribution < -0.4 is 5.32 Å². The van der Waals surface area contributed by atoms with E-state index in [1.54, 1.807) is 18.5 Å². The van der Waals surface area contributed by atoms with Crippen molar-refractivity contribution in [2.24, 2.45) is 0 Å². The molecule has 1 aliphatic heterocycles. The van der Waals surface area contributed by atoms with E-state index in [1.165, 1.54) is 0 Å². The van der Waals surface area contributed by atoms with Crippen LogP contribution in [0.1, 0.15) is 29.6 Å². The summed E-state index contributed by atoms with van der Waals surface area (Å²) in [6, 6.07) is 5.70. The SMILES string of the molecule is O=C(NC1CC(=O)N(C2CC2)C1)c1ccc2nc[nH]c2c1. The molecule has 1 saturated heterocycles. The van der Waals surface area contributed by atoms with Gasteiger partial charge in [-0.3, -0.25) is 9.59 Å². The number of likely N-dealkylation sites (tertiary alicyclic amines) is 1. The Morgan fingerprint density at radius 3 is 3.05 bits per heavy atom. The third-order valence-electron chi connectivity index (χ3n) is 4.16. The van der Waals surface area contributed by atoms with Crippen molar-refractivity contribution in [1.29, 1.82) is 0 Å². The van der Waals surface area contributed by atoms with E-state index >= 15 is 0 Å². The van der Waals surface area contributed by atoms with Crippen molar-refractivity contribution in [2.75, 3.05) is 6.54 Å². The van der Waals surface area contributed by atoms with Gasteiger partial charge in [0.25, 0.3) is 5.91 Å². The molecule has 2 aromatic rings. The lowest BCUT2D eigenvalue weighted by Gasteiger charge is -2.16. The minimum Gasteiger partial charge on any atom is -0.347 e. The summed E-state index contributed by atoms with van der Waals surface area (Å²) in [5.41, 5.74) is 2.26. The monoisotopic (exact) mass is 284 g/mol. The van der Waals surface area contributed by atoms with Crippen LogP contribution in [-0.2, 0) is 4.79 Å². The maximum atomic E-state index is 12.3. The van der Waals surface area contributed by atoms with E-state index in [4.69, 9.17) is 0 Å². The number of hydrogen-bond donors (Lipinski definition) is 2. The Hall–Kier alpha value is -2.37. The summed E-state index contributed by atoms with van der Waals surface area (Å²) in [4.78, 5) is 33.2. The normalized spacial score (nSPS) is 22.0. The van der Waals surface area contributed by atoms with Crippen molar-refractivity contribution in [3.8, 4) is 0 Å². The van der Waals surface area contributed by atoms with Crippen LogP contribution in [0.15, 0.2) is 24.5 Å². The molecular weight excluding hydrogens is 268 g/mol. The highest BCUT2D eigenvalue weighted by molar-refractivity contribution is 5.98. The van der Waals surface area contributed by atoms with E-state index in [2.05, 4.69) is 15.3 Å². The summed E-state index contributed by atoms with van der Waals surface area (Å²) in [5, 5.41) is 2.96. The van der Waals surface area contributed by atoms with Gasteiger partial charge < -0.3 is 15.2 Å². The Kier molecular flexibility index (Phi) is 2.70. The molecule has 6 nitrogen and oxygen atoms in total. The fourth-order valence-electron chi connectivity index (χ4n) is 2.91. The molecule has 1 atom stereocenters. The number of amides is 2. The molecule has 2 N–H and O–H groups in total. The fraction of sp³-hybridized carbons (Fsp3) is 0.400. The molecule has 2 heterocycles. The Labute approximate surface area is 121 Å². The zero-order valence-corrected chi connectivity index (χ0v) is 11.5. The number of aromatic nitrogens is 2.